The third-order valence-corrected chi connectivity index (χ3v) is 4.18. The number of nitrogens with zero attached hydrogens (tertiary/aromatic N) is 5. The normalized spacial score (nSPS) is 11.0. The molecule has 0 radical (unpaired) electrons. The van der Waals surface area contributed by atoms with Crippen molar-refractivity contribution in [1.29, 1.82) is 0 Å². The molecule has 7 nitrogen and oxygen atoms in total. The summed E-state index contributed by atoms with van der Waals surface area (Å²) in [5, 5.41) is 10.7. The number of carboxylic acid groups (broad SMARTS) is 1. The van der Waals surface area contributed by atoms with E-state index in [-0.39, 0.29) is 5.69 Å². The molecule has 3 aromatic heterocycles. The van der Waals surface area contributed by atoms with Crippen LogP contribution in [0.5, 0.6) is 0 Å². The molecule has 0 saturated carbocycles. The van der Waals surface area contributed by atoms with Gasteiger partial charge in [0.05, 0.1) is 24.0 Å². The van der Waals surface area contributed by atoms with Crippen LogP contribution >= 0.6 is 0 Å². The molecular weight excluding hydrogens is 330 g/mol. The van der Waals surface area contributed by atoms with Crippen LogP contribution in [0.3, 0.4) is 0 Å². The van der Waals surface area contributed by atoms with Crippen LogP contribution in [0.4, 0.5) is 0 Å². The van der Waals surface area contributed by atoms with Crippen molar-refractivity contribution in [1.82, 2.24) is 24.5 Å². The Bertz CT molecular complexity index is 1100. The number of aromatic nitrogens is 5. The van der Waals surface area contributed by atoms with Gasteiger partial charge >= 0.3 is 5.97 Å². The maximum atomic E-state index is 11.8. The maximum absolute atomic E-state index is 11.8. The van der Waals surface area contributed by atoms with Gasteiger partial charge in [-0.3, -0.25) is 9.97 Å². The van der Waals surface area contributed by atoms with Gasteiger partial charge in [-0.25, -0.2) is 14.8 Å². The van der Waals surface area contributed by atoms with Crippen molar-refractivity contribution in [3.05, 3.63) is 72.1 Å². The number of pyridine rings is 1. The van der Waals surface area contributed by atoms with Crippen molar-refractivity contribution < 1.29 is 9.90 Å². The summed E-state index contributed by atoms with van der Waals surface area (Å²) in [6.07, 6.45) is 6.43. The molecule has 3 heterocycles. The fourth-order valence-corrected chi connectivity index (χ4v) is 3.07. The van der Waals surface area contributed by atoms with Crippen molar-refractivity contribution in [2.45, 2.75) is 13.5 Å². The van der Waals surface area contributed by atoms with Gasteiger partial charge in [0, 0.05) is 24.0 Å². The number of carboxylic acids is 1. The SMILES string of the molecule is Cc1nc(-c2cnccn2)n(Cc2cccc3cccnc23)c1C(=O)O. The van der Waals surface area contributed by atoms with Crippen LogP contribution in [-0.4, -0.2) is 35.6 Å². The highest BCUT2D eigenvalue weighted by Gasteiger charge is 2.22. The first-order valence-corrected chi connectivity index (χ1v) is 8.04. The van der Waals surface area contributed by atoms with E-state index in [2.05, 4.69) is 19.9 Å². The largest absolute Gasteiger partial charge is 0.477 e. The van der Waals surface area contributed by atoms with E-state index in [1.54, 1.807) is 36.3 Å². The van der Waals surface area contributed by atoms with Crippen molar-refractivity contribution >= 4 is 16.9 Å². The number of benzene rings is 1. The van der Waals surface area contributed by atoms with Crippen molar-refractivity contribution in [3.8, 4) is 11.5 Å². The summed E-state index contributed by atoms with van der Waals surface area (Å²) in [5.41, 5.74) is 2.84. The molecule has 0 unspecified atom stereocenters. The zero-order valence-electron chi connectivity index (χ0n) is 14.0. The van der Waals surface area contributed by atoms with Crippen molar-refractivity contribution in [2.75, 3.05) is 0 Å². The molecule has 128 valence electrons. The minimum atomic E-state index is -1.03. The Labute approximate surface area is 149 Å². The van der Waals surface area contributed by atoms with Gasteiger partial charge in [0.15, 0.2) is 11.5 Å². The number of fused-ring (bicyclic) bond motifs is 1. The van der Waals surface area contributed by atoms with E-state index < -0.39 is 5.97 Å². The summed E-state index contributed by atoms with van der Waals surface area (Å²) in [7, 11) is 0. The summed E-state index contributed by atoms with van der Waals surface area (Å²) >= 11 is 0. The van der Waals surface area contributed by atoms with E-state index in [1.165, 1.54) is 0 Å². The molecule has 1 N–H and O–H groups in total. The second kappa shape index (κ2) is 6.36. The Morgan fingerprint density at radius 3 is 2.73 bits per heavy atom. The van der Waals surface area contributed by atoms with Crippen molar-refractivity contribution in [2.24, 2.45) is 0 Å². The Kier molecular flexibility index (Phi) is 3.89. The molecule has 0 spiro atoms. The lowest BCUT2D eigenvalue weighted by atomic mass is 10.1. The fraction of sp³-hybridized carbons (Fsp3) is 0.105. The Hall–Kier alpha value is -3.61. The van der Waals surface area contributed by atoms with Crippen LogP contribution in [0.2, 0.25) is 0 Å². The zero-order chi connectivity index (χ0) is 18.1. The summed E-state index contributed by atoms with van der Waals surface area (Å²) < 4.78 is 1.66. The minimum absolute atomic E-state index is 0.138. The number of hydrogen-bond acceptors (Lipinski definition) is 5. The monoisotopic (exact) mass is 345 g/mol. The third-order valence-electron chi connectivity index (χ3n) is 4.18. The van der Waals surface area contributed by atoms with Gasteiger partial charge in [0.1, 0.15) is 5.69 Å². The lowest BCUT2D eigenvalue weighted by molar-refractivity contribution is 0.0685. The van der Waals surface area contributed by atoms with Crippen molar-refractivity contribution in [3.63, 3.8) is 0 Å². The van der Waals surface area contributed by atoms with E-state index in [0.29, 0.717) is 23.8 Å². The molecule has 26 heavy (non-hydrogen) atoms. The first kappa shape index (κ1) is 15.9. The standard InChI is InChI=1S/C19H15N5O2/c1-12-17(19(25)26)24(18(23-12)15-10-20-8-9-21-15)11-14-5-2-4-13-6-3-7-22-16(13)14/h2-10H,11H2,1H3,(H,25,26). The molecule has 0 saturated heterocycles. The lowest BCUT2D eigenvalue weighted by Gasteiger charge is -2.11. The molecule has 1 aromatic carbocycles. The Morgan fingerprint density at radius 1 is 1.12 bits per heavy atom. The third kappa shape index (κ3) is 2.69. The molecule has 7 heteroatoms. The van der Waals surface area contributed by atoms with Crippen LogP contribution in [0.25, 0.3) is 22.4 Å². The minimum Gasteiger partial charge on any atom is -0.477 e. The molecule has 0 bridgehead atoms. The lowest BCUT2D eigenvalue weighted by Crippen LogP contribution is -2.12. The van der Waals surface area contributed by atoms with E-state index >= 15 is 0 Å². The molecule has 0 fully saturated rings. The first-order valence-electron chi connectivity index (χ1n) is 8.04. The molecule has 0 amide bonds. The van der Waals surface area contributed by atoms with Gasteiger partial charge in [-0.15, -0.1) is 0 Å². The van der Waals surface area contributed by atoms with Crippen LogP contribution in [-0.2, 0) is 6.54 Å². The highest BCUT2D eigenvalue weighted by molar-refractivity contribution is 5.88. The first-order chi connectivity index (χ1) is 12.6. The van der Waals surface area contributed by atoms with Gasteiger partial charge < -0.3 is 9.67 Å². The Morgan fingerprint density at radius 2 is 1.96 bits per heavy atom. The van der Waals surface area contributed by atoms with E-state index in [1.807, 2.05) is 30.3 Å². The van der Waals surface area contributed by atoms with E-state index in [0.717, 1.165) is 16.5 Å². The van der Waals surface area contributed by atoms with Crippen LogP contribution < -0.4 is 0 Å². The summed E-state index contributed by atoms with van der Waals surface area (Å²) in [6.45, 7) is 2.00. The van der Waals surface area contributed by atoms with Gasteiger partial charge in [-0.2, -0.15) is 0 Å². The zero-order valence-corrected chi connectivity index (χ0v) is 14.0. The van der Waals surface area contributed by atoms with E-state index in [9.17, 15) is 9.90 Å². The topological polar surface area (TPSA) is 93.8 Å². The second-order valence-electron chi connectivity index (χ2n) is 5.84. The molecule has 4 aromatic rings. The van der Waals surface area contributed by atoms with Gasteiger partial charge in [0.25, 0.3) is 0 Å². The molecule has 0 aliphatic carbocycles. The maximum Gasteiger partial charge on any atom is 0.354 e. The predicted octanol–water partition coefficient (Wildman–Crippen LogP) is 2.94. The Balaban J connectivity index is 1.91. The highest BCUT2D eigenvalue weighted by atomic mass is 16.4. The predicted molar refractivity (Wildman–Crippen MR) is 95.8 cm³/mol. The number of para-hydroxylation sites is 1. The summed E-state index contributed by atoms with van der Waals surface area (Å²) in [6, 6.07) is 9.71. The summed E-state index contributed by atoms with van der Waals surface area (Å²) in [5.74, 6) is -0.556. The fourth-order valence-electron chi connectivity index (χ4n) is 3.07. The number of aromatic carboxylic acids is 1. The smallest absolute Gasteiger partial charge is 0.354 e. The highest BCUT2D eigenvalue weighted by Crippen LogP contribution is 2.24. The number of hydrogen-bond donors (Lipinski definition) is 1. The second-order valence-corrected chi connectivity index (χ2v) is 5.84. The number of rotatable bonds is 4. The van der Waals surface area contributed by atoms with Gasteiger partial charge in [-0.05, 0) is 18.6 Å². The number of carbonyl (C=O) groups is 1. The van der Waals surface area contributed by atoms with Crippen LogP contribution in [0.15, 0.2) is 55.1 Å². The van der Waals surface area contributed by atoms with Crippen LogP contribution in [0.1, 0.15) is 21.7 Å². The molecule has 0 aliphatic heterocycles. The number of aryl methyl sites for hydroxylation is 1. The van der Waals surface area contributed by atoms with Gasteiger partial charge in [-0.1, -0.05) is 24.3 Å². The van der Waals surface area contributed by atoms with E-state index in [4.69, 9.17) is 0 Å². The quantitative estimate of drug-likeness (QED) is 0.611. The molecular formula is C19H15N5O2. The van der Waals surface area contributed by atoms with Crippen LogP contribution in [0, 0.1) is 6.92 Å². The summed E-state index contributed by atoms with van der Waals surface area (Å²) in [4.78, 5) is 29.1. The molecule has 0 atom stereocenters. The molecule has 0 aliphatic rings. The number of imidazole rings is 1. The average molecular weight is 345 g/mol. The average Bonchev–Trinajstić information content (AvgIpc) is 2.99. The van der Waals surface area contributed by atoms with Gasteiger partial charge in [0.2, 0.25) is 0 Å². The molecule has 4 rings (SSSR count).